The Hall–Kier alpha value is -1.93. The van der Waals surface area contributed by atoms with E-state index in [1.165, 1.54) is 12.8 Å². The fourth-order valence-electron chi connectivity index (χ4n) is 2.97. The van der Waals surface area contributed by atoms with Crippen molar-refractivity contribution in [3.8, 4) is 0 Å². The summed E-state index contributed by atoms with van der Waals surface area (Å²) in [6, 6.07) is 0. The average Bonchev–Trinajstić information content (AvgIpc) is 2.94. The van der Waals surface area contributed by atoms with Crippen molar-refractivity contribution in [3.05, 3.63) is 6.20 Å². The highest BCUT2D eigenvalue weighted by molar-refractivity contribution is 5.87. The van der Waals surface area contributed by atoms with Gasteiger partial charge in [-0.2, -0.15) is 15.1 Å². The molecule has 0 spiro atoms. The standard InChI is InChI=1S/C13H22N8/c1-20(2)8-9-3-5-21(6-4-9)12-10-7-15-19-11(10)16-13(17-12)18-14/h7,9H,3-6,8,14H2,1-2H3,(H2,15,16,17,18,19). The molecule has 0 radical (unpaired) electrons. The third-order valence-corrected chi connectivity index (χ3v) is 3.96. The Morgan fingerprint density at radius 3 is 2.81 bits per heavy atom. The Bertz CT molecular complexity index is 599. The maximum atomic E-state index is 5.45. The van der Waals surface area contributed by atoms with E-state index in [4.69, 9.17) is 5.84 Å². The third kappa shape index (κ3) is 2.91. The molecule has 21 heavy (non-hydrogen) atoms. The summed E-state index contributed by atoms with van der Waals surface area (Å²) in [6.45, 7) is 3.15. The number of fused-ring (bicyclic) bond motifs is 1. The molecule has 0 saturated carbocycles. The zero-order valence-corrected chi connectivity index (χ0v) is 12.5. The average molecular weight is 290 g/mol. The minimum atomic E-state index is 0.414. The van der Waals surface area contributed by atoms with Crippen LogP contribution in [0.2, 0.25) is 0 Å². The predicted molar refractivity (Wildman–Crippen MR) is 83.0 cm³/mol. The lowest BCUT2D eigenvalue weighted by Crippen LogP contribution is -2.37. The molecular formula is C13H22N8. The van der Waals surface area contributed by atoms with Crippen LogP contribution in [0, 0.1) is 5.92 Å². The van der Waals surface area contributed by atoms with Gasteiger partial charge in [0.1, 0.15) is 5.82 Å². The van der Waals surface area contributed by atoms with Crippen LogP contribution in [0.25, 0.3) is 11.0 Å². The number of nitrogens with one attached hydrogen (secondary N) is 2. The SMILES string of the molecule is CN(C)CC1CCN(c2nc(NN)nc3[nH]ncc23)CC1. The van der Waals surface area contributed by atoms with E-state index in [0.29, 0.717) is 11.6 Å². The quantitative estimate of drug-likeness (QED) is 0.554. The van der Waals surface area contributed by atoms with Crippen molar-refractivity contribution in [2.45, 2.75) is 12.8 Å². The number of H-pyrrole nitrogens is 1. The molecule has 2 aromatic heterocycles. The summed E-state index contributed by atoms with van der Waals surface area (Å²) < 4.78 is 0. The summed E-state index contributed by atoms with van der Waals surface area (Å²) in [5, 5.41) is 7.88. The Balaban J connectivity index is 1.80. The van der Waals surface area contributed by atoms with Gasteiger partial charge >= 0.3 is 0 Å². The van der Waals surface area contributed by atoms with Gasteiger partial charge in [0.05, 0.1) is 11.6 Å². The van der Waals surface area contributed by atoms with Crippen LogP contribution in [0.4, 0.5) is 11.8 Å². The monoisotopic (exact) mass is 290 g/mol. The van der Waals surface area contributed by atoms with Gasteiger partial charge in [-0.05, 0) is 32.9 Å². The third-order valence-electron chi connectivity index (χ3n) is 3.96. The number of nitrogens with two attached hydrogens (primary N) is 1. The smallest absolute Gasteiger partial charge is 0.241 e. The van der Waals surface area contributed by atoms with E-state index in [9.17, 15) is 0 Å². The number of piperidine rings is 1. The summed E-state index contributed by atoms with van der Waals surface area (Å²) in [7, 11) is 4.26. The summed E-state index contributed by atoms with van der Waals surface area (Å²) in [5.41, 5.74) is 3.23. The van der Waals surface area contributed by atoms with Crippen molar-refractivity contribution in [3.63, 3.8) is 0 Å². The number of aromatic amines is 1. The van der Waals surface area contributed by atoms with Crippen LogP contribution in [-0.2, 0) is 0 Å². The highest BCUT2D eigenvalue weighted by Gasteiger charge is 2.23. The molecule has 0 aromatic carbocycles. The van der Waals surface area contributed by atoms with Crippen LogP contribution in [0.15, 0.2) is 6.20 Å². The summed E-state index contributed by atoms with van der Waals surface area (Å²) in [4.78, 5) is 13.3. The highest BCUT2D eigenvalue weighted by atomic mass is 15.3. The van der Waals surface area contributed by atoms with E-state index >= 15 is 0 Å². The van der Waals surface area contributed by atoms with E-state index < -0.39 is 0 Å². The largest absolute Gasteiger partial charge is 0.356 e. The number of hydrogen-bond acceptors (Lipinski definition) is 7. The lowest BCUT2D eigenvalue weighted by molar-refractivity contribution is 0.285. The van der Waals surface area contributed by atoms with Crippen molar-refractivity contribution in [2.24, 2.45) is 11.8 Å². The Morgan fingerprint density at radius 2 is 2.14 bits per heavy atom. The number of hydrazine groups is 1. The molecule has 0 aliphatic carbocycles. The molecule has 8 nitrogen and oxygen atoms in total. The molecule has 114 valence electrons. The molecule has 0 atom stereocenters. The van der Waals surface area contributed by atoms with Crippen LogP contribution in [0.3, 0.4) is 0 Å². The van der Waals surface area contributed by atoms with Crippen molar-refractivity contribution in [1.82, 2.24) is 25.1 Å². The second-order valence-electron chi connectivity index (χ2n) is 5.84. The fraction of sp³-hybridized carbons (Fsp3) is 0.615. The summed E-state index contributed by atoms with van der Waals surface area (Å²) >= 11 is 0. The van der Waals surface area contributed by atoms with Crippen LogP contribution in [0.5, 0.6) is 0 Å². The Morgan fingerprint density at radius 1 is 1.38 bits per heavy atom. The van der Waals surface area contributed by atoms with Gasteiger partial charge < -0.3 is 9.80 Å². The molecule has 8 heteroatoms. The number of rotatable bonds is 4. The van der Waals surface area contributed by atoms with Crippen LogP contribution in [-0.4, -0.2) is 58.8 Å². The molecule has 1 aliphatic heterocycles. The van der Waals surface area contributed by atoms with Crippen molar-refractivity contribution in [2.75, 3.05) is 44.1 Å². The lowest BCUT2D eigenvalue weighted by atomic mass is 9.96. The van der Waals surface area contributed by atoms with Gasteiger partial charge in [-0.3, -0.25) is 10.5 Å². The minimum absolute atomic E-state index is 0.414. The van der Waals surface area contributed by atoms with Crippen molar-refractivity contribution < 1.29 is 0 Å². The molecule has 0 bridgehead atoms. The maximum Gasteiger partial charge on any atom is 0.241 e. The number of nitrogen functional groups attached to an aromatic ring is 1. The fourth-order valence-corrected chi connectivity index (χ4v) is 2.97. The van der Waals surface area contributed by atoms with Gasteiger partial charge in [-0.25, -0.2) is 5.84 Å². The number of hydrogen-bond donors (Lipinski definition) is 3. The molecule has 1 saturated heterocycles. The first-order valence-electron chi connectivity index (χ1n) is 7.25. The van der Waals surface area contributed by atoms with Crippen LogP contribution < -0.4 is 16.2 Å². The maximum absolute atomic E-state index is 5.45. The van der Waals surface area contributed by atoms with Gasteiger partial charge in [0.15, 0.2) is 5.65 Å². The molecule has 1 fully saturated rings. The predicted octanol–water partition coefficient (Wildman–Crippen LogP) is 0.417. The van der Waals surface area contributed by atoms with Gasteiger partial charge in [0.25, 0.3) is 0 Å². The zero-order valence-electron chi connectivity index (χ0n) is 12.5. The van der Waals surface area contributed by atoms with Crippen LogP contribution in [0.1, 0.15) is 12.8 Å². The minimum Gasteiger partial charge on any atom is -0.356 e. The van der Waals surface area contributed by atoms with E-state index in [-0.39, 0.29) is 0 Å². The second kappa shape index (κ2) is 5.82. The first-order valence-corrected chi connectivity index (χ1v) is 7.25. The molecule has 1 aliphatic rings. The zero-order chi connectivity index (χ0) is 14.8. The van der Waals surface area contributed by atoms with Crippen molar-refractivity contribution in [1.29, 1.82) is 0 Å². The van der Waals surface area contributed by atoms with Gasteiger partial charge in [0, 0.05) is 19.6 Å². The van der Waals surface area contributed by atoms with Crippen LogP contribution >= 0.6 is 0 Å². The molecule has 3 heterocycles. The topological polar surface area (TPSA) is 99.0 Å². The molecule has 0 amide bonds. The molecule has 0 unspecified atom stereocenters. The number of aromatic nitrogens is 4. The first-order chi connectivity index (χ1) is 10.2. The van der Waals surface area contributed by atoms with E-state index in [1.807, 2.05) is 0 Å². The van der Waals surface area contributed by atoms with E-state index in [2.05, 4.69) is 49.5 Å². The second-order valence-corrected chi connectivity index (χ2v) is 5.84. The molecular weight excluding hydrogens is 268 g/mol. The number of nitrogens with zero attached hydrogens (tertiary/aromatic N) is 5. The Kier molecular flexibility index (Phi) is 3.89. The summed E-state index contributed by atoms with van der Waals surface area (Å²) in [6.07, 6.45) is 4.12. The molecule has 4 N–H and O–H groups in total. The van der Waals surface area contributed by atoms with Gasteiger partial charge in [0.2, 0.25) is 5.95 Å². The van der Waals surface area contributed by atoms with Gasteiger partial charge in [-0.1, -0.05) is 0 Å². The highest BCUT2D eigenvalue weighted by Crippen LogP contribution is 2.28. The van der Waals surface area contributed by atoms with Gasteiger partial charge in [-0.15, -0.1) is 0 Å². The van der Waals surface area contributed by atoms with Crippen molar-refractivity contribution >= 4 is 22.8 Å². The number of anilines is 2. The van der Waals surface area contributed by atoms with E-state index in [1.54, 1.807) is 6.20 Å². The first kappa shape index (κ1) is 14.0. The Labute approximate surface area is 123 Å². The normalized spacial score (nSPS) is 16.9. The summed E-state index contributed by atoms with van der Waals surface area (Å²) in [5.74, 6) is 7.53. The molecule has 2 aromatic rings. The van der Waals surface area contributed by atoms with E-state index in [0.717, 1.165) is 36.8 Å². The lowest BCUT2D eigenvalue weighted by Gasteiger charge is -2.34. The molecule has 3 rings (SSSR count).